The highest BCUT2D eigenvalue weighted by Crippen LogP contribution is 2.32. The van der Waals surface area contributed by atoms with Crippen LogP contribution in [0.1, 0.15) is 24.5 Å². The number of hydrogen-bond donors (Lipinski definition) is 2. The first-order valence-electron chi connectivity index (χ1n) is 10.5. The molecule has 4 aromatic rings. The summed E-state index contributed by atoms with van der Waals surface area (Å²) in [6, 6.07) is 17.9. The predicted octanol–water partition coefficient (Wildman–Crippen LogP) is 6.78. The third-order valence-electron chi connectivity index (χ3n) is 5.22. The molecular formula is C25H21F3N2O3S. The Morgan fingerprint density at radius 3 is 2.41 bits per heavy atom. The van der Waals surface area contributed by atoms with Crippen LogP contribution in [0.5, 0.6) is 5.75 Å². The molecular weight excluding hydrogens is 465 g/mol. The summed E-state index contributed by atoms with van der Waals surface area (Å²) in [6.07, 6.45) is -4.89. The van der Waals surface area contributed by atoms with Crippen molar-refractivity contribution in [1.82, 2.24) is 9.97 Å². The van der Waals surface area contributed by atoms with Crippen molar-refractivity contribution in [3.05, 3.63) is 77.9 Å². The fourth-order valence-corrected chi connectivity index (χ4v) is 4.29. The number of aromatic nitrogens is 2. The minimum absolute atomic E-state index is 0.369. The minimum Gasteiger partial charge on any atom is -0.479 e. The first kappa shape index (κ1) is 23.7. The Morgan fingerprint density at radius 2 is 1.79 bits per heavy atom. The lowest BCUT2D eigenvalue weighted by atomic mass is 10.1. The molecule has 0 amide bonds. The van der Waals surface area contributed by atoms with Gasteiger partial charge in [-0.05, 0) is 54.4 Å². The average Bonchev–Trinajstić information content (AvgIpc) is 3.26. The number of thioether (sulfide) groups is 1. The monoisotopic (exact) mass is 486 g/mol. The predicted molar refractivity (Wildman–Crippen MR) is 125 cm³/mol. The molecule has 0 saturated heterocycles. The maximum absolute atomic E-state index is 12.8. The number of aliphatic carboxylic acids is 1. The Balaban J connectivity index is 1.48. The van der Waals surface area contributed by atoms with E-state index in [1.54, 1.807) is 30.8 Å². The SMILES string of the molecule is CCC(Oc1ccc(SCc2cccc3[nH]c(-c4ccc(C(F)(F)F)cc4)nc23)cc1)C(=O)O. The highest BCUT2D eigenvalue weighted by molar-refractivity contribution is 7.98. The molecule has 1 aromatic heterocycles. The Labute approximate surface area is 198 Å². The second-order valence-corrected chi connectivity index (χ2v) is 8.64. The van der Waals surface area contributed by atoms with E-state index in [2.05, 4.69) is 9.97 Å². The van der Waals surface area contributed by atoms with Crippen LogP contribution in [0.2, 0.25) is 0 Å². The lowest BCUT2D eigenvalue weighted by Gasteiger charge is -2.13. The molecule has 176 valence electrons. The lowest BCUT2D eigenvalue weighted by Crippen LogP contribution is -2.25. The number of carbonyl (C=O) groups is 1. The van der Waals surface area contributed by atoms with E-state index in [-0.39, 0.29) is 0 Å². The Hall–Kier alpha value is -3.46. The van der Waals surface area contributed by atoms with Crippen molar-refractivity contribution >= 4 is 28.8 Å². The van der Waals surface area contributed by atoms with Crippen LogP contribution in [0.25, 0.3) is 22.4 Å². The minimum atomic E-state index is -4.38. The smallest absolute Gasteiger partial charge is 0.416 e. The van der Waals surface area contributed by atoms with Gasteiger partial charge in [-0.25, -0.2) is 9.78 Å². The number of para-hydroxylation sites is 1. The van der Waals surface area contributed by atoms with Crippen molar-refractivity contribution in [2.24, 2.45) is 0 Å². The molecule has 1 unspecified atom stereocenters. The van der Waals surface area contributed by atoms with Crippen molar-refractivity contribution in [3.8, 4) is 17.1 Å². The normalized spacial score (nSPS) is 12.6. The van der Waals surface area contributed by atoms with Crippen LogP contribution in [0.4, 0.5) is 13.2 Å². The Kier molecular flexibility index (Phi) is 6.83. The second kappa shape index (κ2) is 9.80. The van der Waals surface area contributed by atoms with Gasteiger partial charge in [0.1, 0.15) is 11.6 Å². The van der Waals surface area contributed by atoms with Crippen LogP contribution < -0.4 is 4.74 Å². The number of imidazole rings is 1. The van der Waals surface area contributed by atoms with E-state index in [1.165, 1.54) is 12.1 Å². The number of carboxylic acids is 1. The highest BCUT2D eigenvalue weighted by atomic mass is 32.2. The molecule has 0 aliphatic heterocycles. The molecule has 0 fully saturated rings. The summed E-state index contributed by atoms with van der Waals surface area (Å²) in [6.45, 7) is 1.75. The third-order valence-corrected chi connectivity index (χ3v) is 6.29. The average molecular weight is 487 g/mol. The van der Waals surface area contributed by atoms with Crippen molar-refractivity contribution in [1.29, 1.82) is 0 Å². The number of alkyl halides is 3. The summed E-state index contributed by atoms with van der Waals surface area (Å²) in [5.74, 6) is 0.631. The van der Waals surface area contributed by atoms with E-state index in [0.29, 0.717) is 29.3 Å². The number of ether oxygens (including phenoxy) is 1. The summed E-state index contributed by atoms with van der Waals surface area (Å²) in [5, 5.41) is 9.12. The van der Waals surface area contributed by atoms with Gasteiger partial charge in [0.25, 0.3) is 0 Å². The van der Waals surface area contributed by atoms with Gasteiger partial charge in [0.2, 0.25) is 0 Å². The number of hydrogen-bond acceptors (Lipinski definition) is 4. The van der Waals surface area contributed by atoms with Gasteiger partial charge in [0.15, 0.2) is 6.10 Å². The van der Waals surface area contributed by atoms with Crippen molar-refractivity contribution < 1.29 is 27.8 Å². The molecule has 1 heterocycles. The Morgan fingerprint density at radius 1 is 1.09 bits per heavy atom. The number of H-pyrrole nitrogens is 1. The van der Waals surface area contributed by atoms with Gasteiger partial charge in [-0.3, -0.25) is 0 Å². The summed E-state index contributed by atoms with van der Waals surface area (Å²) in [5.41, 5.74) is 2.42. The van der Waals surface area contributed by atoms with Gasteiger partial charge < -0.3 is 14.8 Å². The van der Waals surface area contributed by atoms with E-state index in [1.807, 2.05) is 30.3 Å². The van der Waals surface area contributed by atoms with Gasteiger partial charge in [-0.15, -0.1) is 11.8 Å². The van der Waals surface area contributed by atoms with E-state index >= 15 is 0 Å². The van der Waals surface area contributed by atoms with E-state index in [9.17, 15) is 18.0 Å². The highest BCUT2D eigenvalue weighted by Gasteiger charge is 2.30. The van der Waals surface area contributed by atoms with Gasteiger partial charge >= 0.3 is 12.1 Å². The van der Waals surface area contributed by atoms with Crippen LogP contribution in [0, 0.1) is 0 Å². The first-order valence-corrected chi connectivity index (χ1v) is 11.5. The van der Waals surface area contributed by atoms with Crippen molar-refractivity contribution in [3.63, 3.8) is 0 Å². The van der Waals surface area contributed by atoms with Gasteiger partial charge in [-0.1, -0.05) is 31.2 Å². The summed E-state index contributed by atoms with van der Waals surface area (Å²) < 4.78 is 44.0. The maximum atomic E-state index is 12.8. The molecule has 0 radical (unpaired) electrons. The fourth-order valence-electron chi connectivity index (χ4n) is 3.41. The molecule has 0 saturated carbocycles. The zero-order chi connectivity index (χ0) is 24.3. The van der Waals surface area contributed by atoms with Gasteiger partial charge in [0, 0.05) is 16.2 Å². The number of halogens is 3. The third kappa shape index (κ3) is 5.36. The number of rotatable bonds is 8. The summed E-state index contributed by atoms with van der Waals surface area (Å²) >= 11 is 1.59. The van der Waals surface area contributed by atoms with E-state index in [0.717, 1.165) is 33.6 Å². The summed E-state index contributed by atoms with van der Waals surface area (Å²) in [7, 11) is 0. The molecule has 0 aliphatic carbocycles. The van der Waals surface area contributed by atoms with E-state index < -0.39 is 23.8 Å². The fraction of sp³-hybridized carbons (Fsp3) is 0.200. The molecule has 4 rings (SSSR count). The standard InChI is InChI=1S/C25H21F3N2O3S/c1-2-21(24(31)32)33-18-10-12-19(13-11-18)34-14-16-4-3-5-20-22(16)30-23(29-20)15-6-8-17(9-7-15)25(26,27)28/h3-13,21H,2,14H2,1H3,(H,29,30)(H,31,32). The number of carboxylic acid groups (broad SMARTS) is 1. The van der Waals surface area contributed by atoms with Gasteiger partial charge in [0.05, 0.1) is 16.6 Å². The Bertz CT molecular complexity index is 1290. The van der Waals surface area contributed by atoms with Crippen LogP contribution in [-0.4, -0.2) is 27.1 Å². The number of nitrogens with one attached hydrogen (secondary N) is 1. The quantitative estimate of drug-likeness (QED) is 0.269. The number of fused-ring (bicyclic) bond motifs is 1. The van der Waals surface area contributed by atoms with Crippen molar-refractivity contribution in [2.75, 3.05) is 0 Å². The zero-order valence-corrected chi connectivity index (χ0v) is 18.9. The van der Waals surface area contributed by atoms with Gasteiger partial charge in [-0.2, -0.15) is 13.2 Å². The second-order valence-electron chi connectivity index (χ2n) is 7.59. The van der Waals surface area contributed by atoms with E-state index in [4.69, 9.17) is 9.84 Å². The van der Waals surface area contributed by atoms with Crippen molar-refractivity contribution in [2.45, 2.75) is 36.3 Å². The van der Waals surface area contributed by atoms with Crippen LogP contribution in [-0.2, 0) is 16.7 Å². The molecule has 2 N–H and O–H groups in total. The molecule has 5 nitrogen and oxygen atoms in total. The number of nitrogens with zero attached hydrogens (tertiary/aromatic N) is 1. The topological polar surface area (TPSA) is 75.2 Å². The summed E-state index contributed by atoms with van der Waals surface area (Å²) in [4.78, 5) is 19.9. The van der Waals surface area contributed by atoms with Crippen LogP contribution in [0.15, 0.2) is 71.6 Å². The molecule has 1 atom stereocenters. The number of aromatic amines is 1. The van der Waals surface area contributed by atoms with Crippen LogP contribution >= 0.6 is 11.8 Å². The molecule has 3 aromatic carbocycles. The maximum Gasteiger partial charge on any atom is 0.416 e. The molecule has 0 aliphatic rings. The molecule has 9 heteroatoms. The molecule has 0 spiro atoms. The lowest BCUT2D eigenvalue weighted by molar-refractivity contribution is -0.145. The zero-order valence-electron chi connectivity index (χ0n) is 18.1. The largest absolute Gasteiger partial charge is 0.479 e. The number of benzene rings is 3. The molecule has 34 heavy (non-hydrogen) atoms. The molecule has 0 bridgehead atoms. The first-order chi connectivity index (χ1) is 16.2. The van der Waals surface area contributed by atoms with Crippen LogP contribution in [0.3, 0.4) is 0 Å².